The molecule has 1 heteroatoms. The zero-order valence-corrected chi connectivity index (χ0v) is 14.1. The first-order valence-electron chi connectivity index (χ1n) is 9.02. The van der Waals surface area contributed by atoms with E-state index < -0.39 is 0 Å². The van der Waals surface area contributed by atoms with Crippen LogP contribution in [0, 0.1) is 5.92 Å². The van der Waals surface area contributed by atoms with Crippen molar-refractivity contribution in [2.24, 2.45) is 5.92 Å². The lowest BCUT2D eigenvalue weighted by Crippen LogP contribution is -2.09. The van der Waals surface area contributed by atoms with Gasteiger partial charge in [-0.15, -0.1) is 0 Å². The molecule has 21 heavy (non-hydrogen) atoms. The van der Waals surface area contributed by atoms with Crippen LogP contribution in [0.25, 0.3) is 0 Å². The third-order valence-electron chi connectivity index (χ3n) is 5.24. The molecule has 1 nitrogen and oxygen atoms in total. The largest absolute Gasteiger partial charge is 0.388 e. The number of aliphatic hydroxyl groups excluding tert-OH is 1. The highest BCUT2D eigenvalue weighted by Crippen LogP contribution is 2.34. The van der Waals surface area contributed by atoms with Crippen molar-refractivity contribution >= 4 is 0 Å². The standard InChI is InChI=1S/C20H32O/c1-4-15-13-17(5-2)20(18(6-3)14-15)19(21)12-11-16-9-7-8-10-16/h13-14,16,19,21H,4-12H2,1-3H3. The molecule has 1 aliphatic carbocycles. The molecule has 0 saturated heterocycles. The highest BCUT2D eigenvalue weighted by Gasteiger charge is 2.20. The monoisotopic (exact) mass is 288 g/mol. The van der Waals surface area contributed by atoms with Crippen molar-refractivity contribution in [2.75, 3.05) is 0 Å². The summed E-state index contributed by atoms with van der Waals surface area (Å²) in [6.45, 7) is 6.63. The zero-order chi connectivity index (χ0) is 15.2. The summed E-state index contributed by atoms with van der Waals surface area (Å²) in [6.07, 6.45) is 10.6. The van der Waals surface area contributed by atoms with Crippen LogP contribution < -0.4 is 0 Å². The van der Waals surface area contributed by atoms with Crippen LogP contribution in [0.5, 0.6) is 0 Å². The van der Waals surface area contributed by atoms with Gasteiger partial charge in [0.2, 0.25) is 0 Å². The Morgan fingerprint density at radius 3 is 2.05 bits per heavy atom. The molecule has 1 aromatic carbocycles. The molecule has 1 saturated carbocycles. The van der Waals surface area contributed by atoms with Gasteiger partial charge in [-0.3, -0.25) is 0 Å². The van der Waals surface area contributed by atoms with Crippen LogP contribution in [0.3, 0.4) is 0 Å². The molecule has 0 bridgehead atoms. The van der Waals surface area contributed by atoms with E-state index in [0.29, 0.717) is 0 Å². The number of hydrogen-bond donors (Lipinski definition) is 1. The number of benzene rings is 1. The Kier molecular flexibility index (Phi) is 6.29. The summed E-state index contributed by atoms with van der Waals surface area (Å²) in [5.74, 6) is 0.865. The van der Waals surface area contributed by atoms with Gasteiger partial charge in [-0.2, -0.15) is 0 Å². The third-order valence-corrected chi connectivity index (χ3v) is 5.24. The molecule has 1 fully saturated rings. The number of hydrogen-bond acceptors (Lipinski definition) is 1. The summed E-state index contributed by atoms with van der Waals surface area (Å²) in [5, 5.41) is 10.8. The van der Waals surface area contributed by atoms with E-state index >= 15 is 0 Å². The summed E-state index contributed by atoms with van der Waals surface area (Å²) >= 11 is 0. The second kappa shape index (κ2) is 7.98. The molecule has 118 valence electrons. The van der Waals surface area contributed by atoms with Crippen LogP contribution in [0.1, 0.15) is 87.7 Å². The quantitative estimate of drug-likeness (QED) is 0.714. The van der Waals surface area contributed by atoms with Crippen LogP contribution >= 0.6 is 0 Å². The van der Waals surface area contributed by atoms with E-state index in [2.05, 4.69) is 32.9 Å². The third kappa shape index (κ3) is 4.10. The lowest BCUT2D eigenvalue weighted by molar-refractivity contribution is 0.155. The van der Waals surface area contributed by atoms with Crippen LogP contribution in [0.15, 0.2) is 12.1 Å². The molecule has 0 aromatic heterocycles. The summed E-state index contributed by atoms with van der Waals surface area (Å²) < 4.78 is 0. The fourth-order valence-corrected chi connectivity index (χ4v) is 3.91. The molecule has 0 aliphatic heterocycles. The smallest absolute Gasteiger partial charge is 0.0795 e. The van der Waals surface area contributed by atoms with Gasteiger partial charge in [-0.1, -0.05) is 58.6 Å². The summed E-state index contributed by atoms with van der Waals surface area (Å²) in [4.78, 5) is 0. The Morgan fingerprint density at radius 2 is 1.57 bits per heavy atom. The van der Waals surface area contributed by atoms with E-state index in [4.69, 9.17) is 0 Å². The molecule has 0 amide bonds. The van der Waals surface area contributed by atoms with Crippen LogP contribution in [-0.2, 0) is 19.3 Å². The highest BCUT2D eigenvalue weighted by atomic mass is 16.3. The van der Waals surface area contributed by atoms with Gasteiger partial charge < -0.3 is 5.11 Å². The summed E-state index contributed by atoms with van der Waals surface area (Å²) in [6, 6.07) is 4.63. The van der Waals surface area contributed by atoms with Crippen molar-refractivity contribution in [1.29, 1.82) is 0 Å². The van der Waals surface area contributed by atoms with Gasteiger partial charge in [-0.05, 0) is 60.3 Å². The fourth-order valence-electron chi connectivity index (χ4n) is 3.91. The van der Waals surface area contributed by atoms with E-state index in [-0.39, 0.29) is 6.10 Å². The number of aliphatic hydroxyl groups is 1. The molecule has 0 spiro atoms. The first-order chi connectivity index (χ1) is 10.2. The number of aryl methyl sites for hydroxylation is 3. The lowest BCUT2D eigenvalue weighted by atomic mass is 9.87. The molecule has 0 radical (unpaired) electrons. The van der Waals surface area contributed by atoms with Crippen LogP contribution in [0.4, 0.5) is 0 Å². The second-order valence-electron chi connectivity index (χ2n) is 6.63. The van der Waals surface area contributed by atoms with Crippen molar-refractivity contribution < 1.29 is 5.11 Å². The Labute approximate surface area is 130 Å². The van der Waals surface area contributed by atoms with Crippen molar-refractivity contribution in [3.8, 4) is 0 Å². The van der Waals surface area contributed by atoms with E-state index in [0.717, 1.165) is 31.6 Å². The molecular formula is C20H32O. The van der Waals surface area contributed by atoms with Crippen molar-refractivity contribution in [3.63, 3.8) is 0 Å². The minimum absolute atomic E-state index is 0.263. The van der Waals surface area contributed by atoms with Gasteiger partial charge in [0.05, 0.1) is 6.10 Å². The Hall–Kier alpha value is -0.820. The molecule has 1 unspecified atom stereocenters. The van der Waals surface area contributed by atoms with Crippen molar-refractivity contribution in [3.05, 3.63) is 34.4 Å². The lowest BCUT2D eigenvalue weighted by Gasteiger charge is -2.21. The molecule has 1 atom stereocenters. The van der Waals surface area contributed by atoms with Crippen molar-refractivity contribution in [2.45, 2.75) is 84.7 Å². The van der Waals surface area contributed by atoms with E-state index in [1.54, 1.807) is 0 Å². The molecule has 1 aromatic rings. The minimum atomic E-state index is -0.263. The first kappa shape index (κ1) is 16.5. The molecular weight excluding hydrogens is 256 g/mol. The summed E-state index contributed by atoms with van der Waals surface area (Å²) in [5.41, 5.74) is 5.39. The van der Waals surface area contributed by atoms with Crippen LogP contribution in [0.2, 0.25) is 0 Å². The minimum Gasteiger partial charge on any atom is -0.388 e. The average Bonchev–Trinajstić information content (AvgIpc) is 3.04. The van der Waals surface area contributed by atoms with Crippen molar-refractivity contribution in [1.82, 2.24) is 0 Å². The first-order valence-corrected chi connectivity index (χ1v) is 9.02. The van der Waals surface area contributed by atoms with Gasteiger partial charge >= 0.3 is 0 Å². The Bertz CT molecular complexity index is 418. The normalized spacial score (nSPS) is 17.3. The predicted octanol–water partition coefficient (Wildman–Crippen LogP) is 5.38. The molecule has 2 rings (SSSR count). The maximum atomic E-state index is 10.8. The second-order valence-corrected chi connectivity index (χ2v) is 6.63. The summed E-state index contributed by atoms with van der Waals surface area (Å²) in [7, 11) is 0. The van der Waals surface area contributed by atoms with Gasteiger partial charge in [0.1, 0.15) is 0 Å². The van der Waals surface area contributed by atoms with Gasteiger partial charge in [0.15, 0.2) is 0 Å². The SMILES string of the molecule is CCc1cc(CC)c(C(O)CCC2CCCC2)c(CC)c1. The fraction of sp³-hybridized carbons (Fsp3) is 0.700. The maximum Gasteiger partial charge on any atom is 0.0795 e. The molecule has 0 heterocycles. The van der Waals surface area contributed by atoms with Gasteiger partial charge in [-0.25, -0.2) is 0 Å². The molecule has 1 aliphatic rings. The zero-order valence-electron chi connectivity index (χ0n) is 14.1. The highest BCUT2D eigenvalue weighted by molar-refractivity contribution is 5.41. The average molecular weight is 288 g/mol. The van der Waals surface area contributed by atoms with E-state index in [1.807, 2.05) is 0 Å². The van der Waals surface area contributed by atoms with Gasteiger partial charge in [0.25, 0.3) is 0 Å². The Balaban J connectivity index is 2.15. The van der Waals surface area contributed by atoms with E-state index in [1.165, 1.54) is 54.4 Å². The molecule has 1 N–H and O–H groups in total. The van der Waals surface area contributed by atoms with Gasteiger partial charge in [0, 0.05) is 0 Å². The predicted molar refractivity (Wildman–Crippen MR) is 90.7 cm³/mol. The Morgan fingerprint density at radius 1 is 1.00 bits per heavy atom. The van der Waals surface area contributed by atoms with Crippen LogP contribution in [-0.4, -0.2) is 5.11 Å². The maximum absolute atomic E-state index is 10.8. The number of rotatable bonds is 7. The topological polar surface area (TPSA) is 20.2 Å². The van der Waals surface area contributed by atoms with E-state index in [9.17, 15) is 5.11 Å².